The maximum Gasteiger partial charge on any atom is 0.336 e. The Morgan fingerprint density at radius 1 is 1.12 bits per heavy atom. The summed E-state index contributed by atoms with van der Waals surface area (Å²) in [7, 11) is 2.72. The highest BCUT2D eigenvalue weighted by Gasteiger charge is 2.64. The van der Waals surface area contributed by atoms with E-state index in [4.69, 9.17) is 14.2 Å². The van der Waals surface area contributed by atoms with E-state index >= 15 is 0 Å². The standard InChI is InChI=1S/C20H23NO5/c1-24-18(22)16-15-8-7-13-5-3-4-6-14(13)20(15,17(16)19(23)25-2)21-9-11-26-12-10-21/h3-6,15H,7-12H2,1-2H3. The lowest BCUT2D eigenvalue weighted by Gasteiger charge is -2.59. The summed E-state index contributed by atoms with van der Waals surface area (Å²) in [5.41, 5.74) is 2.60. The van der Waals surface area contributed by atoms with E-state index in [0.29, 0.717) is 37.4 Å². The van der Waals surface area contributed by atoms with E-state index in [2.05, 4.69) is 17.0 Å². The summed E-state index contributed by atoms with van der Waals surface area (Å²) in [4.78, 5) is 27.6. The van der Waals surface area contributed by atoms with Crippen LogP contribution >= 0.6 is 0 Å². The van der Waals surface area contributed by atoms with Gasteiger partial charge in [-0.2, -0.15) is 0 Å². The van der Waals surface area contributed by atoms with Gasteiger partial charge in [0.1, 0.15) is 0 Å². The third kappa shape index (κ3) is 2.18. The summed E-state index contributed by atoms with van der Waals surface area (Å²) in [6, 6.07) is 8.20. The number of hydrogen-bond donors (Lipinski definition) is 0. The minimum Gasteiger partial charge on any atom is -0.466 e. The van der Waals surface area contributed by atoms with Crippen LogP contribution in [0.3, 0.4) is 0 Å². The van der Waals surface area contributed by atoms with Gasteiger partial charge in [0.15, 0.2) is 0 Å². The number of ether oxygens (including phenoxy) is 3. The molecule has 4 rings (SSSR count). The summed E-state index contributed by atoms with van der Waals surface area (Å²) in [5.74, 6) is -0.958. The van der Waals surface area contributed by atoms with E-state index in [1.165, 1.54) is 19.8 Å². The highest BCUT2D eigenvalue weighted by atomic mass is 16.5. The number of carbonyl (C=O) groups is 2. The lowest BCUT2D eigenvalue weighted by molar-refractivity contribution is -0.148. The van der Waals surface area contributed by atoms with Crippen LogP contribution < -0.4 is 0 Å². The van der Waals surface area contributed by atoms with Crippen LogP contribution in [0.15, 0.2) is 35.4 Å². The van der Waals surface area contributed by atoms with Crippen LogP contribution in [0.5, 0.6) is 0 Å². The molecule has 1 aromatic rings. The Balaban J connectivity index is 1.96. The average Bonchev–Trinajstić information content (AvgIpc) is 2.68. The normalized spacial score (nSPS) is 27.8. The number of aryl methyl sites for hydroxylation is 1. The van der Waals surface area contributed by atoms with Gasteiger partial charge in [-0.15, -0.1) is 0 Å². The molecule has 26 heavy (non-hydrogen) atoms. The molecule has 0 N–H and O–H groups in total. The number of fused-ring (bicyclic) bond motifs is 3. The Labute approximate surface area is 152 Å². The van der Waals surface area contributed by atoms with Crippen molar-refractivity contribution in [1.29, 1.82) is 0 Å². The van der Waals surface area contributed by atoms with Gasteiger partial charge in [-0.1, -0.05) is 24.3 Å². The van der Waals surface area contributed by atoms with Gasteiger partial charge in [0.25, 0.3) is 0 Å². The molecule has 3 aliphatic rings. The van der Waals surface area contributed by atoms with Crippen molar-refractivity contribution in [1.82, 2.24) is 4.90 Å². The molecule has 1 saturated heterocycles. The molecule has 6 heteroatoms. The van der Waals surface area contributed by atoms with Gasteiger partial charge in [0.05, 0.1) is 44.1 Å². The summed E-state index contributed by atoms with van der Waals surface area (Å²) in [5, 5.41) is 0. The molecule has 1 fully saturated rings. The van der Waals surface area contributed by atoms with Crippen molar-refractivity contribution in [3.05, 3.63) is 46.5 Å². The van der Waals surface area contributed by atoms with Crippen LogP contribution in [0.25, 0.3) is 0 Å². The quantitative estimate of drug-likeness (QED) is 0.763. The summed E-state index contributed by atoms with van der Waals surface area (Å²) < 4.78 is 15.6. The van der Waals surface area contributed by atoms with Gasteiger partial charge in [0, 0.05) is 19.0 Å². The van der Waals surface area contributed by atoms with E-state index in [0.717, 1.165) is 18.4 Å². The minimum absolute atomic E-state index is 0.0722. The zero-order valence-electron chi connectivity index (χ0n) is 15.1. The molecule has 0 bridgehead atoms. The Hall–Kier alpha value is -2.18. The molecule has 6 nitrogen and oxygen atoms in total. The number of methoxy groups -OCH3 is 2. The van der Waals surface area contributed by atoms with Crippen LogP contribution in [0, 0.1) is 5.92 Å². The van der Waals surface area contributed by atoms with Crippen molar-refractivity contribution in [3.63, 3.8) is 0 Å². The Kier molecular flexibility index (Phi) is 4.32. The average molecular weight is 357 g/mol. The second-order valence-corrected chi connectivity index (χ2v) is 6.89. The van der Waals surface area contributed by atoms with Crippen LogP contribution in [-0.2, 0) is 35.8 Å². The molecule has 0 radical (unpaired) electrons. The van der Waals surface area contributed by atoms with E-state index in [1.807, 2.05) is 12.1 Å². The third-order valence-corrected chi connectivity index (χ3v) is 5.94. The van der Waals surface area contributed by atoms with Crippen molar-refractivity contribution in [2.75, 3.05) is 40.5 Å². The zero-order chi connectivity index (χ0) is 18.3. The molecule has 0 amide bonds. The van der Waals surface area contributed by atoms with Crippen LogP contribution in [0.1, 0.15) is 17.5 Å². The molecule has 2 atom stereocenters. The van der Waals surface area contributed by atoms with E-state index in [9.17, 15) is 9.59 Å². The molecular weight excluding hydrogens is 334 g/mol. The SMILES string of the molecule is COC(=O)C1=C(C(=O)OC)C2(N3CCOCC3)c3ccccc3CCC12. The first-order valence-electron chi connectivity index (χ1n) is 8.98. The number of hydrogen-bond acceptors (Lipinski definition) is 6. The maximum atomic E-state index is 12.8. The molecule has 2 unspecified atom stereocenters. The molecule has 0 saturated carbocycles. The molecule has 138 valence electrons. The highest BCUT2D eigenvalue weighted by Crippen LogP contribution is 2.60. The van der Waals surface area contributed by atoms with Gasteiger partial charge >= 0.3 is 11.9 Å². The van der Waals surface area contributed by atoms with Crippen LogP contribution in [0.4, 0.5) is 0 Å². The van der Waals surface area contributed by atoms with E-state index in [-0.39, 0.29) is 5.92 Å². The van der Waals surface area contributed by atoms with Gasteiger partial charge in [0.2, 0.25) is 0 Å². The van der Waals surface area contributed by atoms with Gasteiger partial charge in [-0.25, -0.2) is 9.59 Å². The zero-order valence-corrected chi connectivity index (χ0v) is 15.1. The van der Waals surface area contributed by atoms with Crippen molar-refractivity contribution >= 4 is 11.9 Å². The third-order valence-electron chi connectivity index (χ3n) is 5.94. The Morgan fingerprint density at radius 2 is 1.81 bits per heavy atom. The molecular formula is C20H23NO5. The first-order valence-corrected chi connectivity index (χ1v) is 8.98. The lowest BCUT2D eigenvalue weighted by atomic mass is 9.52. The smallest absolute Gasteiger partial charge is 0.336 e. The summed E-state index contributed by atoms with van der Waals surface area (Å²) in [6.45, 7) is 2.64. The van der Waals surface area contributed by atoms with Gasteiger partial charge in [-0.3, -0.25) is 4.90 Å². The van der Waals surface area contributed by atoms with Crippen molar-refractivity contribution in [2.45, 2.75) is 18.4 Å². The minimum atomic E-state index is -0.630. The number of nitrogens with zero attached hydrogens (tertiary/aromatic N) is 1. The molecule has 1 aliphatic heterocycles. The van der Waals surface area contributed by atoms with Crippen molar-refractivity contribution in [3.8, 4) is 0 Å². The number of esters is 2. The number of rotatable bonds is 3. The predicted molar refractivity (Wildman–Crippen MR) is 93.4 cm³/mol. The summed E-state index contributed by atoms with van der Waals surface area (Å²) >= 11 is 0. The van der Waals surface area contributed by atoms with Crippen LogP contribution in [-0.4, -0.2) is 57.4 Å². The molecule has 1 aromatic carbocycles. The Bertz CT molecular complexity index is 780. The predicted octanol–water partition coefficient (Wildman–Crippen LogP) is 1.43. The highest BCUT2D eigenvalue weighted by molar-refractivity contribution is 6.06. The van der Waals surface area contributed by atoms with Crippen molar-refractivity contribution in [2.24, 2.45) is 5.92 Å². The van der Waals surface area contributed by atoms with Gasteiger partial charge < -0.3 is 14.2 Å². The van der Waals surface area contributed by atoms with Gasteiger partial charge in [-0.05, 0) is 24.0 Å². The topological polar surface area (TPSA) is 65.1 Å². The first-order chi connectivity index (χ1) is 12.7. The monoisotopic (exact) mass is 357 g/mol. The molecule has 1 heterocycles. The molecule has 0 aromatic heterocycles. The van der Waals surface area contributed by atoms with E-state index < -0.39 is 17.5 Å². The first kappa shape index (κ1) is 17.2. The fraction of sp³-hybridized carbons (Fsp3) is 0.500. The second-order valence-electron chi connectivity index (χ2n) is 6.89. The maximum absolute atomic E-state index is 12.8. The molecule has 2 aliphatic carbocycles. The van der Waals surface area contributed by atoms with Crippen molar-refractivity contribution < 1.29 is 23.8 Å². The summed E-state index contributed by atoms with van der Waals surface area (Å²) in [6.07, 6.45) is 1.68. The number of morpholine rings is 1. The second kappa shape index (κ2) is 6.52. The number of carbonyl (C=O) groups excluding carboxylic acids is 2. The largest absolute Gasteiger partial charge is 0.466 e. The van der Waals surface area contributed by atoms with E-state index in [1.54, 1.807) is 0 Å². The number of benzene rings is 1. The molecule has 0 spiro atoms. The van der Waals surface area contributed by atoms with Crippen LogP contribution in [0.2, 0.25) is 0 Å². The lowest BCUT2D eigenvalue weighted by Crippen LogP contribution is -2.65. The fourth-order valence-electron chi connectivity index (χ4n) is 4.96. The Morgan fingerprint density at radius 3 is 2.50 bits per heavy atom. The fourth-order valence-corrected chi connectivity index (χ4v) is 4.96.